The Hall–Kier alpha value is -0.590. The molecule has 0 amide bonds. The molecule has 0 aromatic heterocycles. The molecule has 0 saturated heterocycles. The minimum atomic E-state index is -1.09. The number of thiocyanates is 1. The summed E-state index contributed by atoms with van der Waals surface area (Å²) in [5.74, 6) is 2.07. The van der Waals surface area contributed by atoms with Gasteiger partial charge in [-0.3, -0.25) is 0 Å². The number of nitriles is 1. The van der Waals surface area contributed by atoms with Gasteiger partial charge in [-0.1, -0.05) is 45.0 Å². The van der Waals surface area contributed by atoms with Gasteiger partial charge in [0.1, 0.15) is 5.40 Å². The third-order valence-corrected chi connectivity index (χ3v) is 7.96. The molecule has 1 aliphatic heterocycles. The molecule has 0 spiro atoms. The summed E-state index contributed by atoms with van der Waals surface area (Å²) in [4.78, 5) is 1.33. The van der Waals surface area contributed by atoms with Crippen molar-refractivity contribution in [3.8, 4) is 5.40 Å². The highest BCUT2D eigenvalue weighted by Crippen LogP contribution is 2.69. The van der Waals surface area contributed by atoms with Crippen molar-refractivity contribution in [3.05, 3.63) is 29.8 Å². The molecular weight excluding hydrogens is 210 g/mol. The van der Waals surface area contributed by atoms with E-state index in [1.807, 2.05) is 10.8 Å². The van der Waals surface area contributed by atoms with E-state index in [4.69, 9.17) is 0 Å². The summed E-state index contributed by atoms with van der Waals surface area (Å²) in [5.41, 5.74) is 1.38. The first-order valence-corrected chi connectivity index (χ1v) is 8.07. The van der Waals surface area contributed by atoms with Crippen LogP contribution in [0, 0.1) is 10.7 Å². The summed E-state index contributed by atoms with van der Waals surface area (Å²) in [5, 5.41) is 11.9. The second kappa shape index (κ2) is 3.88. The predicted octanol–water partition coefficient (Wildman–Crippen LogP) is 3.90. The lowest BCUT2D eigenvalue weighted by Crippen LogP contribution is -1.95. The Labute approximate surface area is 90.2 Å². The van der Waals surface area contributed by atoms with E-state index in [1.54, 1.807) is 0 Å². The van der Waals surface area contributed by atoms with Gasteiger partial charge in [0.2, 0.25) is 0 Å². The summed E-state index contributed by atoms with van der Waals surface area (Å²) in [6, 6.07) is 8.43. The number of benzene rings is 1. The van der Waals surface area contributed by atoms with E-state index in [0.717, 1.165) is 17.9 Å². The molecule has 3 heteroatoms. The molecule has 74 valence electrons. The maximum atomic E-state index is 9.29. The molecule has 0 fully saturated rings. The molecule has 1 aliphatic rings. The van der Waals surface area contributed by atoms with Crippen molar-refractivity contribution in [2.75, 3.05) is 5.75 Å². The molecule has 2 rings (SSSR count). The summed E-state index contributed by atoms with van der Waals surface area (Å²) >= 11 is 0. The Morgan fingerprint density at radius 3 is 2.93 bits per heavy atom. The van der Waals surface area contributed by atoms with Crippen LogP contribution in [-0.4, -0.2) is 5.75 Å². The number of nitrogens with zero attached hydrogens (tertiary/aromatic N) is 1. The highest BCUT2D eigenvalue weighted by Gasteiger charge is 2.32. The van der Waals surface area contributed by atoms with Crippen molar-refractivity contribution in [3.63, 3.8) is 0 Å². The van der Waals surface area contributed by atoms with Crippen LogP contribution in [0.4, 0.5) is 0 Å². The molecule has 1 atom stereocenters. The van der Waals surface area contributed by atoms with Crippen molar-refractivity contribution >= 4 is 19.9 Å². The smallest absolute Gasteiger partial charge is 0.123 e. The fraction of sp³-hybridized carbons (Fsp3) is 0.364. The topological polar surface area (TPSA) is 23.8 Å². The lowest BCUT2D eigenvalue weighted by Gasteiger charge is -2.23. The van der Waals surface area contributed by atoms with Crippen molar-refractivity contribution in [1.82, 2.24) is 0 Å². The normalized spacial score (nSPS) is 28.9. The highest BCUT2D eigenvalue weighted by atomic mass is 33.2. The van der Waals surface area contributed by atoms with Crippen LogP contribution in [0.25, 0.3) is 0 Å². The van der Waals surface area contributed by atoms with E-state index >= 15 is 0 Å². The summed E-state index contributed by atoms with van der Waals surface area (Å²) in [7, 11) is 0.744. The Bertz CT molecular complexity index is 356. The fourth-order valence-corrected chi connectivity index (χ4v) is 7.35. The first-order valence-electron chi connectivity index (χ1n) is 4.76. The van der Waals surface area contributed by atoms with Crippen LogP contribution in [0.5, 0.6) is 0 Å². The van der Waals surface area contributed by atoms with Crippen LogP contribution >= 0.6 is 19.9 Å². The monoisotopic (exact) mass is 223 g/mol. The van der Waals surface area contributed by atoms with Crippen molar-refractivity contribution in [2.45, 2.75) is 24.0 Å². The standard InChI is InChI=1S/C11H13NS2/c1-2-7-14(9-12)8-10-5-3-4-6-11(10)13-14/h3-6H,2,7-8H2,1H3. The highest BCUT2D eigenvalue weighted by molar-refractivity contribution is 8.96. The molecule has 14 heavy (non-hydrogen) atoms. The predicted molar refractivity (Wildman–Crippen MR) is 64.4 cm³/mol. The number of fused-ring (bicyclic) bond motifs is 1. The Morgan fingerprint density at radius 1 is 1.50 bits per heavy atom. The fourth-order valence-electron chi connectivity index (χ4n) is 1.70. The van der Waals surface area contributed by atoms with Crippen LogP contribution in [0.3, 0.4) is 0 Å². The minimum Gasteiger partial charge on any atom is -0.186 e. The number of hydrogen-bond donors (Lipinski definition) is 0. The van der Waals surface area contributed by atoms with Crippen LogP contribution < -0.4 is 0 Å². The van der Waals surface area contributed by atoms with Gasteiger partial charge >= 0.3 is 0 Å². The van der Waals surface area contributed by atoms with E-state index in [0.29, 0.717) is 0 Å². The van der Waals surface area contributed by atoms with Gasteiger partial charge in [-0.15, -0.1) is 0 Å². The Morgan fingerprint density at radius 2 is 2.29 bits per heavy atom. The molecule has 1 aromatic rings. The van der Waals surface area contributed by atoms with Gasteiger partial charge in [-0.25, -0.2) is 0 Å². The molecule has 0 radical (unpaired) electrons. The first-order chi connectivity index (χ1) is 6.79. The Balaban J connectivity index is 2.29. The van der Waals surface area contributed by atoms with Crippen LogP contribution in [0.15, 0.2) is 29.2 Å². The van der Waals surface area contributed by atoms with Gasteiger partial charge in [0.25, 0.3) is 0 Å². The average molecular weight is 223 g/mol. The van der Waals surface area contributed by atoms with Crippen molar-refractivity contribution in [2.24, 2.45) is 0 Å². The van der Waals surface area contributed by atoms with Crippen molar-refractivity contribution in [1.29, 1.82) is 5.26 Å². The maximum absolute atomic E-state index is 9.29. The second-order valence-electron chi connectivity index (χ2n) is 3.44. The van der Waals surface area contributed by atoms with Gasteiger partial charge < -0.3 is 0 Å². The lowest BCUT2D eigenvalue weighted by atomic mass is 10.2. The maximum Gasteiger partial charge on any atom is 0.123 e. The molecule has 1 unspecified atom stereocenters. The van der Waals surface area contributed by atoms with Gasteiger partial charge in [0.05, 0.1) is 0 Å². The second-order valence-corrected chi connectivity index (χ2v) is 8.97. The SMILES string of the molecule is CCCS1(C#N)Cc2ccccc2S1. The molecule has 0 saturated carbocycles. The Kier molecular flexibility index (Phi) is 2.76. The van der Waals surface area contributed by atoms with E-state index in [-0.39, 0.29) is 0 Å². The molecule has 0 bridgehead atoms. The zero-order chi connectivity index (χ0) is 10.0. The van der Waals surface area contributed by atoms with Crippen LogP contribution in [-0.2, 0) is 5.75 Å². The van der Waals surface area contributed by atoms with E-state index < -0.39 is 9.06 Å². The van der Waals surface area contributed by atoms with Gasteiger partial charge in [0.15, 0.2) is 0 Å². The van der Waals surface area contributed by atoms with E-state index in [2.05, 4.69) is 36.6 Å². The molecule has 1 heterocycles. The van der Waals surface area contributed by atoms with Gasteiger partial charge in [-0.2, -0.15) is 5.26 Å². The van der Waals surface area contributed by atoms with E-state index in [9.17, 15) is 5.26 Å². The van der Waals surface area contributed by atoms with Gasteiger partial charge in [-0.05, 0) is 23.8 Å². The molecule has 1 aromatic carbocycles. The molecular formula is C11H13NS2. The third-order valence-electron chi connectivity index (χ3n) is 2.31. The lowest BCUT2D eigenvalue weighted by molar-refractivity contribution is 1.10. The number of hydrogen-bond acceptors (Lipinski definition) is 2. The van der Waals surface area contributed by atoms with Gasteiger partial charge in [0, 0.05) is 10.6 Å². The summed E-state index contributed by atoms with van der Waals surface area (Å²) in [6.45, 7) is 2.16. The molecule has 1 nitrogen and oxygen atoms in total. The van der Waals surface area contributed by atoms with E-state index in [1.165, 1.54) is 10.5 Å². The first kappa shape index (κ1) is 9.95. The molecule has 0 N–H and O–H groups in total. The minimum absolute atomic E-state index is 0.998. The molecule has 0 aliphatic carbocycles. The largest absolute Gasteiger partial charge is 0.186 e. The quantitative estimate of drug-likeness (QED) is 0.561. The van der Waals surface area contributed by atoms with Crippen LogP contribution in [0.2, 0.25) is 0 Å². The zero-order valence-corrected chi connectivity index (χ0v) is 9.83. The zero-order valence-electron chi connectivity index (χ0n) is 8.19. The van der Waals surface area contributed by atoms with Crippen molar-refractivity contribution < 1.29 is 0 Å². The third kappa shape index (κ3) is 1.65. The number of rotatable bonds is 2. The average Bonchev–Trinajstić information content (AvgIpc) is 2.57. The summed E-state index contributed by atoms with van der Waals surface area (Å²) < 4.78 is 0. The van der Waals surface area contributed by atoms with Crippen LogP contribution in [0.1, 0.15) is 18.9 Å². The summed E-state index contributed by atoms with van der Waals surface area (Å²) in [6.07, 6.45) is 1.11.